The first-order valence-electron chi connectivity index (χ1n) is 3.93. The highest BCUT2D eigenvalue weighted by Crippen LogP contribution is 2.35. The summed E-state index contributed by atoms with van der Waals surface area (Å²) in [5.74, 6) is 1.09. The quantitative estimate of drug-likeness (QED) is 0.530. The van der Waals surface area contributed by atoms with E-state index in [1.54, 1.807) is 12.1 Å². The Labute approximate surface area is 101 Å². The molecule has 0 aliphatic carbocycles. The highest BCUT2D eigenvalue weighted by atomic mass is 79.9. The molecule has 1 N–H and O–H groups in total. The summed E-state index contributed by atoms with van der Waals surface area (Å²) in [6.45, 7) is 0. The van der Waals surface area contributed by atoms with Gasteiger partial charge < -0.3 is 14.7 Å². The molecule has 1 rings (SSSR count). The lowest BCUT2D eigenvalue weighted by atomic mass is 10.2. The van der Waals surface area contributed by atoms with Crippen LogP contribution in [0.5, 0.6) is 11.5 Å². The summed E-state index contributed by atoms with van der Waals surface area (Å²) < 4.78 is 10.9. The molecule has 0 aliphatic heterocycles. The van der Waals surface area contributed by atoms with Gasteiger partial charge in [0.05, 0.1) is 14.2 Å². The minimum absolute atomic E-state index is 0.0286. The van der Waals surface area contributed by atoms with Crippen molar-refractivity contribution in [2.45, 2.75) is 0 Å². The highest BCUT2D eigenvalue weighted by molar-refractivity contribution is 9.10. The molecule has 0 atom stereocenters. The molecule has 0 radical (unpaired) electrons. The predicted octanol–water partition coefficient (Wildman–Crippen LogP) is 2.84. The lowest BCUT2D eigenvalue weighted by Gasteiger charge is -2.10. The highest BCUT2D eigenvalue weighted by Gasteiger charge is 2.12. The van der Waals surface area contributed by atoms with E-state index in [2.05, 4.69) is 21.1 Å². The zero-order valence-electron chi connectivity index (χ0n) is 8.12. The molecule has 0 aliphatic rings. The maximum atomic E-state index is 8.55. The van der Waals surface area contributed by atoms with Crippen molar-refractivity contribution in [3.05, 3.63) is 22.2 Å². The summed E-state index contributed by atoms with van der Waals surface area (Å²) in [7, 11) is 3.04. The van der Waals surface area contributed by atoms with Crippen molar-refractivity contribution >= 4 is 32.7 Å². The maximum Gasteiger partial charge on any atom is 0.175 e. The Morgan fingerprint density at radius 1 is 1.33 bits per heavy atom. The molecule has 4 nitrogen and oxygen atoms in total. The number of oxime groups is 1. The van der Waals surface area contributed by atoms with Gasteiger partial charge in [0.1, 0.15) is 16.0 Å². The molecule has 0 spiro atoms. The van der Waals surface area contributed by atoms with Crippen LogP contribution in [-0.2, 0) is 0 Å². The van der Waals surface area contributed by atoms with Gasteiger partial charge in [-0.1, -0.05) is 16.8 Å². The van der Waals surface area contributed by atoms with Gasteiger partial charge >= 0.3 is 0 Å². The molecule has 15 heavy (non-hydrogen) atoms. The number of benzene rings is 1. The van der Waals surface area contributed by atoms with Crippen LogP contribution in [0.2, 0.25) is 0 Å². The zero-order valence-corrected chi connectivity index (χ0v) is 10.5. The van der Waals surface area contributed by atoms with Crippen LogP contribution in [0.1, 0.15) is 5.56 Å². The second-order valence-corrected chi connectivity index (χ2v) is 3.74. The summed E-state index contributed by atoms with van der Waals surface area (Å²) in [4.78, 5) is 0. The maximum absolute atomic E-state index is 8.55. The fraction of sp³-hybridized carbons (Fsp3) is 0.222. The van der Waals surface area contributed by atoms with Gasteiger partial charge in [-0.2, -0.15) is 0 Å². The van der Waals surface area contributed by atoms with E-state index in [1.165, 1.54) is 14.2 Å². The van der Waals surface area contributed by atoms with Gasteiger partial charge in [-0.05, 0) is 28.1 Å². The van der Waals surface area contributed by atoms with Crippen LogP contribution >= 0.6 is 27.5 Å². The Morgan fingerprint density at radius 2 is 1.80 bits per heavy atom. The minimum Gasteiger partial charge on any atom is -0.495 e. The van der Waals surface area contributed by atoms with Crippen molar-refractivity contribution in [3.63, 3.8) is 0 Å². The van der Waals surface area contributed by atoms with Crippen molar-refractivity contribution in [1.29, 1.82) is 0 Å². The van der Waals surface area contributed by atoms with E-state index in [-0.39, 0.29) is 5.17 Å². The lowest BCUT2D eigenvalue weighted by molar-refractivity contribution is 0.320. The van der Waals surface area contributed by atoms with Crippen molar-refractivity contribution in [2.75, 3.05) is 14.2 Å². The van der Waals surface area contributed by atoms with Crippen LogP contribution in [0.3, 0.4) is 0 Å². The summed E-state index contributed by atoms with van der Waals surface area (Å²) in [6, 6.07) is 3.27. The number of methoxy groups -OCH3 is 2. The third-order valence-electron chi connectivity index (χ3n) is 1.77. The van der Waals surface area contributed by atoms with Gasteiger partial charge in [0.15, 0.2) is 5.17 Å². The Kier molecular flexibility index (Phi) is 4.23. The third kappa shape index (κ3) is 2.54. The first-order chi connectivity index (χ1) is 7.13. The number of ether oxygens (including phenoxy) is 2. The molecule has 1 aromatic carbocycles. The van der Waals surface area contributed by atoms with Crippen LogP contribution in [0.25, 0.3) is 0 Å². The van der Waals surface area contributed by atoms with E-state index in [9.17, 15) is 0 Å². The number of nitrogens with zero attached hydrogens (tertiary/aromatic N) is 1. The second kappa shape index (κ2) is 5.23. The van der Waals surface area contributed by atoms with E-state index in [1.807, 2.05) is 0 Å². The number of hydrogen-bond acceptors (Lipinski definition) is 4. The van der Waals surface area contributed by atoms with E-state index >= 15 is 0 Å². The molecule has 0 fully saturated rings. The monoisotopic (exact) mass is 293 g/mol. The van der Waals surface area contributed by atoms with Crippen molar-refractivity contribution < 1.29 is 14.7 Å². The Morgan fingerprint density at radius 3 is 2.13 bits per heavy atom. The molecule has 0 heterocycles. The summed E-state index contributed by atoms with van der Waals surface area (Å²) >= 11 is 8.99. The molecule has 0 aromatic heterocycles. The Balaban J connectivity index is 3.33. The number of hydrogen-bond donors (Lipinski definition) is 1. The first kappa shape index (κ1) is 12.1. The van der Waals surface area contributed by atoms with Crippen molar-refractivity contribution in [1.82, 2.24) is 0 Å². The van der Waals surface area contributed by atoms with Crippen molar-refractivity contribution in [2.24, 2.45) is 5.16 Å². The molecule has 82 valence electrons. The van der Waals surface area contributed by atoms with E-state index in [0.717, 1.165) is 0 Å². The Bertz CT molecular complexity index is 370. The van der Waals surface area contributed by atoms with Gasteiger partial charge in [0.2, 0.25) is 0 Å². The average Bonchev–Trinajstić information content (AvgIpc) is 2.28. The van der Waals surface area contributed by atoms with Crippen LogP contribution in [0, 0.1) is 0 Å². The SMILES string of the molecule is COc1cc(C(Cl)=NO)cc(OC)c1Br. The summed E-state index contributed by atoms with van der Waals surface area (Å²) in [5.41, 5.74) is 0.510. The van der Waals surface area contributed by atoms with Crippen LogP contribution < -0.4 is 9.47 Å². The van der Waals surface area contributed by atoms with E-state index < -0.39 is 0 Å². The van der Waals surface area contributed by atoms with Gasteiger partial charge in [-0.25, -0.2) is 0 Å². The summed E-state index contributed by atoms with van der Waals surface area (Å²) in [5, 5.41) is 11.4. The van der Waals surface area contributed by atoms with Crippen LogP contribution in [0.4, 0.5) is 0 Å². The fourth-order valence-corrected chi connectivity index (χ4v) is 1.71. The normalized spacial score (nSPS) is 11.3. The molecular formula is C9H9BrClNO3. The van der Waals surface area contributed by atoms with E-state index in [0.29, 0.717) is 21.5 Å². The third-order valence-corrected chi connectivity index (χ3v) is 2.85. The molecule has 0 unspecified atom stereocenters. The molecule has 0 saturated heterocycles. The lowest BCUT2D eigenvalue weighted by Crippen LogP contribution is -1.96. The van der Waals surface area contributed by atoms with Gasteiger partial charge in [0.25, 0.3) is 0 Å². The fourth-order valence-electron chi connectivity index (χ4n) is 1.05. The van der Waals surface area contributed by atoms with Crippen LogP contribution in [-0.4, -0.2) is 24.6 Å². The second-order valence-electron chi connectivity index (χ2n) is 2.59. The average molecular weight is 295 g/mol. The molecule has 6 heteroatoms. The molecule has 0 amide bonds. The van der Waals surface area contributed by atoms with Gasteiger partial charge in [0, 0.05) is 5.56 Å². The number of rotatable bonds is 3. The van der Waals surface area contributed by atoms with Crippen LogP contribution in [0.15, 0.2) is 21.8 Å². The predicted molar refractivity (Wildman–Crippen MR) is 61.4 cm³/mol. The van der Waals surface area contributed by atoms with Gasteiger partial charge in [-0.3, -0.25) is 0 Å². The number of halogens is 2. The van der Waals surface area contributed by atoms with Gasteiger partial charge in [-0.15, -0.1) is 0 Å². The minimum atomic E-state index is -0.0286. The van der Waals surface area contributed by atoms with Crippen molar-refractivity contribution in [3.8, 4) is 11.5 Å². The molecular weight excluding hydrogens is 285 g/mol. The standard InChI is InChI=1S/C9H9BrClNO3/c1-14-6-3-5(9(11)12-13)4-7(15-2)8(6)10/h3-4,13H,1-2H3. The summed E-state index contributed by atoms with van der Waals surface area (Å²) in [6.07, 6.45) is 0. The smallest absolute Gasteiger partial charge is 0.175 e. The largest absolute Gasteiger partial charge is 0.495 e. The Hall–Kier alpha value is -0.940. The molecule has 1 aromatic rings. The topological polar surface area (TPSA) is 51.0 Å². The first-order valence-corrected chi connectivity index (χ1v) is 5.10. The zero-order chi connectivity index (χ0) is 11.4. The molecule has 0 saturated carbocycles. The molecule has 0 bridgehead atoms. The van der Waals surface area contributed by atoms with E-state index in [4.69, 9.17) is 26.3 Å².